The predicted octanol–water partition coefficient (Wildman–Crippen LogP) is 4.70. The summed E-state index contributed by atoms with van der Waals surface area (Å²) in [6.07, 6.45) is 1.30. The van der Waals surface area contributed by atoms with E-state index in [-0.39, 0.29) is 11.8 Å². The molecule has 0 saturated heterocycles. The van der Waals surface area contributed by atoms with Gasteiger partial charge in [0, 0.05) is 18.7 Å². The Kier molecular flexibility index (Phi) is 8.14. The van der Waals surface area contributed by atoms with Crippen molar-refractivity contribution in [2.45, 2.75) is 38.6 Å². The molecule has 2 aliphatic rings. The summed E-state index contributed by atoms with van der Waals surface area (Å²) in [7, 11) is 3.20. The first kappa shape index (κ1) is 27.4. The molecule has 8 nitrogen and oxygen atoms in total. The number of nitrogens with one attached hydrogen (secondary N) is 1. The van der Waals surface area contributed by atoms with Gasteiger partial charge in [0.05, 0.1) is 39.4 Å². The molecule has 0 fully saturated rings. The highest BCUT2D eigenvalue weighted by Crippen LogP contribution is 2.48. The van der Waals surface area contributed by atoms with E-state index in [1.54, 1.807) is 14.2 Å². The van der Waals surface area contributed by atoms with Crippen molar-refractivity contribution < 1.29 is 28.5 Å². The van der Waals surface area contributed by atoms with Crippen LogP contribution in [-0.4, -0.2) is 57.2 Å². The maximum absolute atomic E-state index is 14.0. The highest BCUT2D eigenvalue weighted by atomic mass is 16.5. The van der Waals surface area contributed by atoms with E-state index in [0.717, 1.165) is 22.3 Å². The Labute approximate surface area is 235 Å². The summed E-state index contributed by atoms with van der Waals surface area (Å²) in [5.74, 6) is 1.89. The number of fused-ring (bicyclic) bond motifs is 4. The Hall–Kier alpha value is -4.20. The molecule has 210 valence electrons. The van der Waals surface area contributed by atoms with Crippen molar-refractivity contribution >= 4 is 11.8 Å². The zero-order valence-corrected chi connectivity index (χ0v) is 23.5. The van der Waals surface area contributed by atoms with E-state index in [9.17, 15) is 9.59 Å². The van der Waals surface area contributed by atoms with Crippen molar-refractivity contribution in [1.82, 2.24) is 10.2 Å². The van der Waals surface area contributed by atoms with Crippen LogP contribution in [0.4, 0.5) is 0 Å². The van der Waals surface area contributed by atoms with E-state index >= 15 is 0 Å². The quantitative estimate of drug-likeness (QED) is 0.398. The zero-order valence-electron chi connectivity index (χ0n) is 23.5. The zero-order chi connectivity index (χ0) is 28.2. The summed E-state index contributed by atoms with van der Waals surface area (Å²) >= 11 is 0. The molecule has 0 radical (unpaired) electrons. The topological polar surface area (TPSA) is 86.3 Å². The van der Waals surface area contributed by atoms with Gasteiger partial charge in [-0.1, -0.05) is 24.3 Å². The maximum atomic E-state index is 14.0. The predicted molar refractivity (Wildman–Crippen MR) is 152 cm³/mol. The number of rotatable bonds is 10. The van der Waals surface area contributed by atoms with Crippen molar-refractivity contribution in [3.05, 3.63) is 82.4 Å². The van der Waals surface area contributed by atoms with Crippen LogP contribution in [0.1, 0.15) is 58.4 Å². The largest absolute Gasteiger partial charge is 0.493 e. The van der Waals surface area contributed by atoms with Crippen molar-refractivity contribution in [3.8, 4) is 23.0 Å². The molecule has 0 spiro atoms. The molecule has 0 bridgehead atoms. The van der Waals surface area contributed by atoms with Crippen LogP contribution in [0.25, 0.3) is 0 Å². The number of amides is 2. The minimum absolute atomic E-state index is 0.0528. The molecule has 1 N–H and O–H groups in total. The number of ether oxygens (including phenoxy) is 4. The van der Waals surface area contributed by atoms with E-state index in [1.165, 1.54) is 0 Å². The van der Waals surface area contributed by atoms with E-state index < -0.39 is 12.0 Å². The fraction of sp³-hybridized carbons (Fsp3) is 0.375. The average molecular weight is 545 g/mol. The first-order valence-electron chi connectivity index (χ1n) is 13.8. The smallest absolute Gasteiger partial charge is 0.254 e. The minimum Gasteiger partial charge on any atom is -0.493 e. The standard InChI is InChI=1S/C32H36N2O6/c1-5-39-25-12-11-20(17-28(25)40-6-2)13-15-33-31(35)29-22-9-7-8-10-23(22)32(36)34-16-14-21-18-26(37-3)27(38-4)19-24(21)30(29)34/h7-12,17-19,29-30H,5-6,13-16H2,1-4H3,(H,33,35)/t29-,30-/m0/s1. The number of methoxy groups -OCH3 is 2. The first-order valence-corrected chi connectivity index (χ1v) is 13.8. The van der Waals surface area contributed by atoms with Crippen molar-refractivity contribution in [2.75, 3.05) is 40.5 Å². The van der Waals surface area contributed by atoms with Gasteiger partial charge in [0.25, 0.3) is 5.91 Å². The Morgan fingerprint density at radius 3 is 2.38 bits per heavy atom. The van der Waals surface area contributed by atoms with E-state index in [4.69, 9.17) is 18.9 Å². The number of carbonyl (C=O) groups is 2. The molecule has 0 aliphatic carbocycles. The molecular weight excluding hydrogens is 508 g/mol. The lowest BCUT2D eigenvalue weighted by Gasteiger charge is -2.45. The van der Waals surface area contributed by atoms with Gasteiger partial charge in [-0.05, 0) is 79.3 Å². The monoisotopic (exact) mass is 544 g/mol. The third kappa shape index (κ3) is 5.06. The third-order valence-electron chi connectivity index (χ3n) is 7.63. The second-order valence-corrected chi connectivity index (χ2v) is 9.85. The number of hydrogen-bond donors (Lipinski definition) is 1. The second kappa shape index (κ2) is 11.9. The van der Waals surface area contributed by atoms with Crippen LogP contribution in [0, 0.1) is 0 Å². The SMILES string of the molecule is CCOc1ccc(CCNC(=O)[C@H]2c3ccccc3C(=O)N3CCc4cc(OC)c(OC)cc4[C@@H]23)cc1OCC. The second-order valence-electron chi connectivity index (χ2n) is 9.85. The normalized spacial score (nSPS) is 17.3. The number of carbonyl (C=O) groups excluding carboxylic acids is 2. The Bertz CT molecular complexity index is 1400. The Morgan fingerprint density at radius 2 is 1.62 bits per heavy atom. The highest BCUT2D eigenvalue weighted by Gasteiger charge is 2.46. The van der Waals surface area contributed by atoms with Gasteiger partial charge >= 0.3 is 0 Å². The molecule has 0 unspecified atom stereocenters. The van der Waals surface area contributed by atoms with E-state index in [2.05, 4.69) is 5.32 Å². The molecule has 2 heterocycles. The van der Waals surface area contributed by atoms with Crippen LogP contribution >= 0.6 is 0 Å². The lowest BCUT2D eigenvalue weighted by molar-refractivity contribution is -0.124. The molecule has 3 aromatic rings. The van der Waals surface area contributed by atoms with Gasteiger partial charge in [-0.2, -0.15) is 0 Å². The molecule has 40 heavy (non-hydrogen) atoms. The fourth-order valence-electron chi connectivity index (χ4n) is 5.83. The van der Waals surface area contributed by atoms with Gasteiger partial charge < -0.3 is 29.2 Å². The Balaban J connectivity index is 1.43. The molecule has 2 amide bonds. The van der Waals surface area contributed by atoms with Gasteiger partial charge in [-0.25, -0.2) is 0 Å². The van der Waals surface area contributed by atoms with Crippen molar-refractivity contribution in [1.29, 1.82) is 0 Å². The van der Waals surface area contributed by atoms with Gasteiger partial charge in [-0.15, -0.1) is 0 Å². The molecule has 3 aromatic carbocycles. The van der Waals surface area contributed by atoms with Crippen LogP contribution in [0.2, 0.25) is 0 Å². The minimum atomic E-state index is -0.564. The molecule has 0 aromatic heterocycles. The van der Waals surface area contributed by atoms with E-state index in [1.807, 2.05) is 73.3 Å². The summed E-state index contributed by atoms with van der Waals surface area (Å²) in [6.45, 7) is 5.94. The maximum Gasteiger partial charge on any atom is 0.254 e. The summed E-state index contributed by atoms with van der Waals surface area (Å²) in [6, 6.07) is 16.7. The summed E-state index contributed by atoms with van der Waals surface area (Å²) < 4.78 is 22.6. The molecule has 8 heteroatoms. The van der Waals surface area contributed by atoms with Crippen molar-refractivity contribution in [3.63, 3.8) is 0 Å². The van der Waals surface area contributed by atoms with Crippen LogP contribution in [-0.2, 0) is 17.6 Å². The van der Waals surface area contributed by atoms with E-state index in [0.29, 0.717) is 67.7 Å². The highest BCUT2D eigenvalue weighted by molar-refractivity contribution is 6.01. The third-order valence-corrected chi connectivity index (χ3v) is 7.63. The molecule has 0 saturated carbocycles. The summed E-state index contributed by atoms with van der Waals surface area (Å²) in [5, 5.41) is 3.16. The lowest BCUT2D eigenvalue weighted by atomic mass is 9.75. The summed E-state index contributed by atoms with van der Waals surface area (Å²) in [4.78, 5) is 29.4. The number of benzene rings is 3. The van der Waals surface area contributed by atoms with Gasteiger partial charge in [0.2, 0.25) is 5.91 Å². The summed E-state index contributed by atoms with van der Waals surface area (Å²) in [5.41, 5.74) is 4.33. The van der Waals surface area contributed by atoms with Gasteiger partial charge in [-0.3, -0.25) is 9.59 Å². The molecule has 2 atom stereocenters. The molecule has 2 aliphatic heterocycles. The van der Waals surface area contributed by atoms with Crippen LogP contribution in [0.15, 0.2) is 54.6 Å². The molecule has 5 rings (SSSR count). The molecular formula is C32H36N2O6. The number of hydrogen-bond acceptors (Lipinski definition) is 6. The first-order chi connectivity index (χ1) is 19.5. The lowest BCUT2D eigenvalue weighted by Crippen LogP contribution is -2.50. The average Bonchev–Trinajstić information content (AvgIpc) is 2.98. The van der Waals surface area contributed by atoms with Gasteiger partial charge in [0.15, 0.2) is 23.0 Å². The fourth-order valence-corrected chi connectivity index (χ4v) is 5.83. The Morgan fingerprint density at radius 1 is 0.900 bits per heavy atom. The van der Waals surface area contributed by atoms with Crippen LogP contribution in [0.3, 0.4) is 0 Å². The van der Waals surface area contributed by atoms with Crippen LogP contribution < -0.4 is 24.3 Å². The van der Waals surface area contributed by atoms with Crippen molar-refractivity contribution in [2.24, 2.45) is 0 Å². The van der Waals surface area contributed by atoms with Crippen LogP contribution in [0.5, 0.6) is 23.0 Å². The number of nitrogens with zero attached hydrogens (tertiary/aromatic N) is 1. The van der Waals surface area contributed by atoms with Gasteiger partial charge in [0.1, 0.15) is 0 Å².